The van der Waals surface area contributed by atoms with Crippen LogP contribution in [-0.2, 0) is 0 Å². The highest BCUT2D eigenvalue weighted by molar-refractivity contribution is 4.92. The summed E-state index contributed by atoms with van der Waals surface area (Å²) >= 11 is 0. The minimum atomic E-state index is 0.183. The predicted octanol–water partition coefficient (Wildman–Crippen LogP) is 1.38. The van der Waals surface area contributed by atoms with Crippen LogP contribution in [0.5, 0.6) is 0 Å². The van der Waals surface area contributed by atoms with Crippen molar-refractivity contribution in [2.75, 3.05) is 13.1 Å². The molecule has 1 atom stereocenters. The average molecular weight is 138 g/mol. The van der Waals surface area contributed by atoms with Gasteiger partial charge in [-0.3, -0.25) is 4.90 Å². The van der Waals surface area contributed by atoms with E-state index >= 15 is 0 Å². The first-order chi connectivity index (χ1) is 4.88. The molecule has 0 aliphatic carbocycles. The van der Waals surface area contributed by atoms with Gasteiger partial charge in [0, 0.05) is 0 Å². The standard InChI is InChI=1S/C8H14N2/c1-2-8(7-9)10-5-3-4-6-10/h8H,2-6H2,1H3. The second-order valence-corrected chi connectivity index (χ2v) is 2.80. The van der Waals surface area contributed by atoms with Gasteiger partial charge in [0.1, 0.15) is 0 Å². The van der Waals surface area contributed by atoms with Gasteiger partial charge in [-0.05, 0) is 32.4 Å². The molecule has 0 aromatic rings. The van der Waals surface area contributed by atoms with E-state index in [-0.39, 0.29) is 6.04 Å². The lowest BCUT2D eigenvalue weighted by molar-refractivity contribution is 0.284. The van der Waals surface area contributed by atoms with Crippen molar-refractivity contribution in [2.24, 2.45) is 0 Å². The molecule has 0 saturated carbocycles. The van der Waals surface area contributed by atoms with Crippen molar-refractivity contribution in [1.29, 1.82) is 5.26 Å². The Morgan fingerprint density at radius 3 is 2.50 bits per heavy atom. The maximum atomic E-state index is 8.69. The van der Waals surface area contributed by atoms with Crippen molar-refractivity contribution in [3.8, 4) is 6.07 Å². The zero-order valence-electron chi connectivity index (χ0n) is 6.51. The summed E-state index contributed by atoms with van der Waals surface area (Å²) in [5.41, 5.74) is 0. The summed E-state index contributed by atoms with van der Waals surface area (Å²) in [5.74, 6) is 0. The van der Waals surface area contributed by atoms with E-state index in [0.29, 0.717) is 0 Å². The highest BCUT2D eigenvalue weighted by Gasteiger charge is 2.18. The monoisotopic (exact) mass is 138 g/mol. The molecule has 0 spiro atoms. The second-order valence-electron chi connectivity index (χ2n) is 2.80. The van der Waals surface area contributed by atoms with E-state index in [4.69, 9.17) is 5.26 Å². The predicted molar refractivity (Wildman–Crippen MR) is 40.5 cm³/mol. The first-order valence-electron chi connectivity index (χ1n) is 4.02. The molecule has 0 N–H and O–H groups in total. The maximum Gasteiger partial charge on any atom is 0.0975 e. The van der Waals surface area contributed by atoms with Gasteiger partial charge in [-0.2, -0.15) is 5.26 Å². The SMILES string of the molecule is CCC(C#N)N1CCCC1. The summed E-state index contributed by atoms with van der Waals surface area (Å²) in [6.45, 7) is 4.34. The fourth-order valence-corrected chi connectivity index (χ4v) is 1.48. The van der Waals surface area contributed by atoms with Crippen LogP contribution in [0.1, 0.15) is 26.2 Å². The molecule has 1 heterocycles. The first kappa shape index (κ1) is 7.56. The van der Waals surface area contributed by atoms with Crippen LogP contribution in [0.25, 0.3) is 0 Å². The molecule has 0 bridgehead atoms. The Kier molecular flexibility index (Phi) is 2.70. The zero-order chi connectivity index (χ0) is 7.40. The van der Waals surface area contributed by atoms with Gasteiger partial charge in [0.15, 0.2) is 0 Å². The Morgan fingerprint density at radius 1 is 1.50 bits per heavy atom. The lowest BCUT2D eigenvalue weighted by atomic mass is 10.2. The maximum absolute atomic E-state index is 8.69. The molecule has 0 aromatic carbocycles. The van der Waals surface area contributed by atoms with E-state index in [2.05, 4.69) is 17.9 Å². The summed E-state index contributed by atoms with van der Waals surface area (Å²) in [6.07, 6.45) is 3.52. The molecule has 2 heteroatoms. The highest BCUT2D eigenvalue weighted by Crippen LogP contribution is 2.12. The Balaban J connectivity index is 2.38. The normalized spacial score (nSPS) is 22.4. The molecule has 2 nitrogen and oxygen atoms in total. The topological polar surface area (TPSA) is 27.0 Å². The van der Waals surface area contributed by atoms with E-state index in [0.717, 1.165) is 19.5 Å². The Morgan fingerprint density at radius 2 is 2.10 bits per heavy atom. The van der Waals surface area contributed by atoms with Gasteiger partial charge in [-0.25, -0.2) is 0 Å². The van der Waals surface area contributed by atoms with Gasteiger partial charge >= 0.3 is 0 Å². The molecule has 1 aliphatic rings. The number of nitriles is 1. The van der Waals surface area contributed by atoms with Crippen molar-refractivity contribution >= 4 is 0 Å². The number of hydrogen-bond donors (Lipinski definition) is 0. The van der Waals surface area contributed by atoms with Gasteiger partial charge < -0.3 is 0 Å². The quantitative estimate of drug-likeness (QED) is 0.576. The molecule has 1 aliphatic heterocycles. The summed E-state index contributed by atoms with van der Waals surface area (Å²) in [5, 5.41) is 8.69. The summed E-state index contributed by atoms with van der Waals surface area (Å²) in [4.78, 5) is 2.28. The van der Waals surface area contributed by atoms with Crippen LogP contribution >= 0.6 is 0 Å². The van der Waals surface area contributed by atoms with Gasteiger partial charge in [-0.1, -0.05) is 6.92 Å². The summed E-state index contributed by atoms with van der Waals surface area (Å²) in [7, 11) is 0. The Hall–Kier alpha value is -0.550. The molecule has 1 unspecified atom stereocenters. The molecule has 10 heavy (non-hydrogen) atoms. The molecule has 0 aromatic heterocycles. The Bertz CT molecular complexity index is 131. The van der Waals surface area contributed by atoms with Crippen LogP contribution in [0.3, 0.4) is 0 Å². The van der Waals surface area contributed by atoms with Gasteiger partial charge in [0.25, 0.3) is 0 Å². The number of likely N-dealkylation sites (tertiary alicyclic amines) is 1. The highest BCUT2D eigenvalue weighted by atomic mass is 15.2. The molecular weight excluding hydrogens is 124 g/mol. The molecule has 0 amide bonds. The third-order valence-electron chi connectivity index (χ3n) is 2.12. The molecule has 56 valence electrons. The zero-order valence-corrected chi connectivity index (χ0v) is 6.51. The number of hydrogen-bond acceptors (Lipinski definition) is 2. The molecule has 1 saturated heterocycles. The van der Waals surface area contributed by atoms with Crippen LogP contribution in [0.15, 0.2) is 0 Å². The number of rotatable bonds is 2. The summed E-state index contributed by atoms with van der Waals surface area (Å²) in [6, 6.07) is 2.50. The fraction of sp³-hybridized carbons (Fsp3) is 0.875. The number of nitrogens with zero attached hydrogens (tertiary/aromatic N) is 2. The van der Waals surface area contributed by atoms with E-state index in [1.807, 2.05) is 0 Å². The third kappa shape index (κ3) is 1.48. The van der Waals surface area contributed by atoms with Crippen molar-refractivity contribution in [1.82, 2.24) is 4.90 Å². The lowest BCUT2D eigenvalue weighted by Gasteiger charge is -2.18. The smallest absolute Gasteiger partial charge is 0.0975 e. The molecule has 0 radical (unpaired) electrons. The van der Waals surface area contributed by atoms with E-state index in [1.165, 1.54) is 12.8 Å². The van der Waals surface area contributed by atoms with Crippen molar-refractivity contribution in [2.45, 2.75) is 32.2 Å². The average Bonchev–Trinajstić information content (AvgIpc) is 2.43. The molecular formula is C8H14N2. The molecule has 1 fully saturated rings. The van der Waals surface area contributed by atoms with Crippen LogP contribution in [0.4, 0.5) is 0 Å². The van der Waals surface area contributed by atoms with Crippen molar-refractivity contribution in [3.63, 3.8) is 0 Å². The van der Waals surface area contributed by atoms with E-state index < -0.39 is 0 Å². The van der Waals surface area contributed by atoms with Crippen LogP contribution in [-0.4, -0.2) is 24.0 Å². The van der Waals surface area contributed by atoms with Gasteiger partial charge in [-0.15, -0.1) is 0 Å². The molecule has 1 rings (SSSR count). The summed E-state index contributed by atoms with van der Waals surface area (Å²) < 4.78 is 0. The van der Waals surface area contributed by atoms with E-state index in [9.17, 15) is 0 Å². The van der Waals surface area contributed by atoms with Gasteiger partial charge in [0.2, 0.25) is 0 Å². The largest absolute Gasteiger partial charge is 0.288 e. The van der Waals surface area contributed by atoms with Crippen LogP contribution in [0.2, 0.25) is 0 Å². The lowest BCUT2D eigenvalue weighted by Crippen LogP contribution is -2.30. The third-order valence-corrected chi connectivity index (χ3v) is 2.12. The van der Waals surface area contributed by atoms with Crippen LogP contribution < -0.4 is 0 Å². The van der Waals surface area contributed by atoms with Crippen molar-refractivity contribution < 1.29 is 0 Å². The minimum absolute atomic E-state index is 0.183. The fourth-order valence-electron chi connectivity index (χ4n) is 1.48. The van der Waals surface area contributed by atoms with E-state index in [1.54, 1.807) is 0 Å². The minimum Gasteiger partial charge on any atom is -0.288 e. The van der Waals surface area contributed by atoms with Crippen LogP contribution in [0, 0.1) is 11.3 Å². The van der Waals surface area contributed by atoms with Crippen molar-refractivity contribution in [3.05, 3.63) is 0 Å². The second kappa shape index (κ2) is 3.58. The first-order valence-corrected chi connectivity index (χ1v) is 4.02. The van der Waals surface area contributed by atoms with Gasteiger partial charge in [0.05, 0.1) is 12.1 Å². The Labute approximate surface area is 62.4 Å².